The Morgan fingerprint density at radius 2 is 1.77 bits per heavy atom. The fourth-order valence-corrected chi connectivity index (χ4v) is 2.46. The predicted octanol–water partition coefficient (Wildman–Crippen LogP) is 3.73. The summed E-state index contributed by atoms with van der Waals surface area (Å²) in [6, 6.07) is 11.5. The van der Waals surface area contributed by atoms with Crippen molar-refractivity contribution < 1.29 is 22.6 Å². The first-order valence-corrected chi connectivity index (χ1v) is 6.85. The monoisotopic (exact) mass is 309 g/mol. The molecule has 0 saturated heterocycles. The van der Waals surface area contributed by atoms with E-state index in [4.69, 9.17) is 4.74 Å². The molecule has 0 aliphatic carbocycles. The summed E-state index contributed by atoms with van der Waals surface area (Å²) in [4.78, 5) is 0. The molecule has 0 spiro atoms. The van der Waals surface area contributed by atoms with Gasteiger partial charge in [-0.05, 0) is 6.07 Å². The van der Waals surface area contributed by atoms with E-state index in [0.717, 1.165) is 5.56 Å². The topological polar surface area (TPSA) is 30.5 Å². The Balaban J connectivity index is 2.09. The van der Waals surface area contributed by atoms with Crippen molar-refractivity contribution in [2.45, 2.75) is 12.9 Å². The van der Waals surface area contributed by atoms with E-state index in [2.05, 4.69) is 10.1 Å². The Hall–Kier alpha value is -2.21. The molecule has 0 radical (unpaired) electrons. The molecule has 0 aromatic heterocycles. The van der Waals surface area contributed by atoms with Crippen LogP contribution >= 0.6 is 0 Å². The van der Waals surface area contributed by atoms with E-state index >= 15 is 0 Å². The summed E-state index contributed by atoms with van der Waals surface area (Å²) in [5, 5.41) is 3.20. The van der Waals surface area contributed by atoms with Crippen molar-refractivity contribution in [3.63, 3.8) is 0 Å². The third-order valence-electron chi connectivity index (χ3n) is 3.34. The van der Waals surface area contributed by atoms with Gasteiger partial charge < -0.3 is 14.8 Å². The van der Waals surface area contributed by atoms with Crippen molar-refractivity contribution in [2.75, 3.05) is 13.2 Å². The summed E-state index contributed by atoms with van der Waals surface area (Å²) < 4.78 is 47.6. The first kappa shape index (κ1) is 14.7. The van der Waals surface area contributed by atoms with Crippen LogP contribution in [0.2, 0.25) is 0 Å². The SMILES string of the molecule is FC(F)(F)Oc1ccccc1-c1cccc2c1OCCNC2. The summed E-state index contributed by atoms with van der Waals surface area (Å²) in [6.45, 7) is 1.77. The highest BCUT2D eigenvalue weighted by molar-refractivity contribution is 5.77. The molecule has 3 rings (SSSR count). The number of hydrogen-bond acceptors (Lipinski definition) is 3. The lowest BCUT2D eigenvalue weighted by Crippen LogP contribution is -2.17. The van der Waals surface area contributed by atoms with E-state index in [0.29, 0.717) is 36.6 Å². The van der Waals surface area contributed by atoms with Crippen molar-refractivity contribution in [3.8, 4) is 22.6 Å². The van der Waals surface area contributed by atoms with Crippen LogP contribution in [0.4, 0.5) is 13.2 Å². The Morgan fingerprint density at radius 1 is 1.00 bits per heavy atom. The molecule has 1 aliphatic heterocycles. The van der Waals surface area contributed by atoms with E-state index in [1.807, 2.05) is 6.07 Å². The molecule has 0 unspecified atom stereocenters. The van der Waals surface area contributed by atoms with Gasteiger partial charge in [-0.25, -0.2) is 0 Å². The molecule has 2 aromatic rings. The van der Waals surface area contributed by atoms with Crippen LogP contribution in [0.1, 0.15) is 5.56 Å². The van der Waals surface area contributed by atoms with Crippen molar-refractivity contribution in [1.82, 2.24) is 5.32 Å². The Bertz CT molecular complexity index is 671. The third kappa shape index (κ3) is 3.17. The number of hydrogen-bond donors (Lipinski definition) is 1. The molecular formula is C16H14F3NO2. The van der Waals surface area contributed by atoms with E-state index in [1.165, 1.54) is 12.1 Å². The maximum absolute atomic E-state index is 12.6. The number of fused-ring (bicyclic) bond motifs is 1. The molecular weight excluding hydrogens is 295 g/mol. The van der Waals surface area contributed by atoms with Crippen LogP contribution in [-0.4, -0.2) is 19.5 Å². The van der Waals surface area contributed by atoms with Crippen LogP contribution in [0.5, 0.6) is 11.5 Å². The number of halogens is 3. The second-order valence-corrected chi connectivity index (χ2v) is 4.86. The highest BCUT2D eigenvalue weighted by Gasteiger charge is 2.32. The number of ether oxygens (including phenoxy) is 2. The molecule has 2 aromatic carbocycles. The molecule has 0 amide bonds. The molecule has 1 heterocycles. The molecule has 0 atom stereocenters. The van der Waals surface area contributed by atoms with Gasteiger partial charge in [-0.1, -0.05) is 36.4 Å². The summed E-state index contributed by atoms with van der Waals surface area (Å²) in [5.74, 6) is 0.370. The molecule has 1 aliphatic rings. The molecule has 0 bridgehead atoms. The molecule has 1 N–H and O–H groups in total. The van der Waals surface area contributed by atoms with Gasteiger partial charge in [0.1, 0.15) is 18.1 Å². The minimum absolute atomic E-state index is 0.232. The number of alkyl halides is 3. The maximum atomic E-state index is 12.6. The van der Waals surface area contributed by atoms with Crippen molar-refractivity contribution >= 4 is 0 Å². The van der Waals surface area contributed by atoms with Crippen LogP contribution in [0.3, 0.4) is 0 Å². The highest BCUT2D eigenvalue weighted by atomic mass is 19.4. The second kappa shape index (κ2) is 5.88. The minimum Gasteiger partial charge on any atom is -0.491 e. The van der Waals surface area contributed by atoms with Gasteiger partial charge in [0, 0.05) is 29.8 Å². The average molecular weight is 309 g/mol. The summed E-state index contributed by atoms with van der Waals surface area (Å²) in [5.41, 5.74) is 1.87. The molecule has 0 saturated carbocycles. The number of rotatable bonds is 2. The number of para-hydroxylation sites is 2. The molecule has 116 valence electrons. The maximum Gasteiger partial charge on any atom is 0.573 e. The fraction of sp³-hybridized carbons (Fsp3) is 0.250. The predicted molar refractivity (Wildman–Crippen MR) is 75.8 cm³/mol. The highest BCUT2D eigenvalue weighted by Crippen LogP contribution is 2.40. The van der Waals surface area contributed by atoms with E-state index < -0.39 is 6.36 Å². The first-order valence-electron chi connectivity index (χ1n) is 6.85. The summed E-state index contributed by atoms with van der Waals surface area (Å²) in [6.07, 6.45) is -4.73. The van der Waals surface area contributed by atoms with E-state index in [9.17, 15) is 13.2 Å². The minimum atomic E-state index is -4.73. The van der Waals surface area contributed by atoms with Crippen LogP contribution in [-0.2, 0) is 6.54 Å². The van der Waals surface area contributed by atoms with Gasteiger partial charge in [-0.3, -0.25) is 0 Å². The van der Waals surface area contributed by atoms with Crippen LogP contribution in [0.15, 0.2) is 42.5 Å². The first-order chi connectivity index (χ1) is 10.5. The van der Waals surface area contributed by atoms with Crippen LogP contribution in [0.25, 0.3) is 11.1 Å². The quantitative estimate of drug-likeness (QED) is 0.917. The van der Waals surface area contributed by atoms with Crippen molar-refractivity contribution in [3.05, 3.63) is 48.0 Å². The van der Waals surface area contributed by atoms with Gasteiger partial charge in [-0.15, -0.1) is 13.2 Å². The number of nitrogens with one attached hydrogen (secondary N) is 1. The van der Waals surface area contributed by atoms with E-state index in [1.54, 1.807) is 24.3 Å². The zero-order valence-electron chi connectivity index (χ0n) is 11.6. The second-order valence-electron chi connectivity index (χ2n) is 4.86. The molecule has 0 fully saturated rings. The van der Waals surface area contributed by atoms with Gasteiger partial charge in [0.15, 0.2) is 0 Å². The van der Waals surface area contributed by atoms with Gasteiger partial charge >= 0.3 is 6.36 Å². The lowest BCUT2D eigenvalue weighted by Gasteiger charge is -2.17. The average Bonchev–Trinajstić information content (AvgIpc) is 2.71. The van der Waals surface area contributed by atoms with Gasteiger partial charge in [0.05, 0.1) is 0 Å². The zero-order valence-corrected chi connectivity index (χ0v) is 11.6. The standard InChI is InChI=1S/C16H14F3NO2/c17-16(18,19)22-14-7-2-1-5-12(14)13-6-3-4-11-10-20-8-9-21-15(11)13/h1-7,20H,8-10H2. The van der Waals surface area contributed by atoms with Gasteiger partial charge in [-0.2, -0.15) is 0 Å². The van der Waals surface area contributed by atoms with E-state index in [-0.39, 0.29) is 5.75 Å². The lowest BCUT2D eigenvalue weighted by atomic mass is 10.0. The lowest BCUT2D eigenvalue weighted by molar-refractivity contribution is -0.274. The van der Waals surface area contributed by atoms with Crippen LogP contribution in [0, 0.1) is 0 Å². The van der Waals surface area contributed by atoms with Crippen molar-refractivity contribution in [2.24, 2.45) is 0 Å². The largest absolute Gasteiger partial charge is 0.573 e. The number of benzene rings is 2. The molecule has 3 nitrogen and oxygen atoms in total. The third-order valence-corrected chi connectivity index (χ3v) is 3.34. The Labute approximate surface area is 125 Å². The van der Waals surface area contributed by atoms with Gasteiger partial charge in [0.25, 0.3) is 0 Å². The summed E-state index contributed by atoms with van der Waals surface area (Å²) >= 11 is 0. The fourth-order valence-electron chi connectivity index (χ4n) is 2.46. The van der Waals surface area contributed by atoms with Crippen LogP contribution < -0.4 is 14.8 Å². The molecule has 22 heavy (non-hydrogen) atoms. The summed E-state index contributed by atoms with van der Waals surface area (Å²) in [7, 11) is 0. The van der Waals surface area contributed by atoms with Gasteiger partial charge in [0.2, 0.25) is 0 Å². The normalized spacial score (nSPS) is 14.7. The van der Waals surface area contributed by atoms with Crippen molar-refractivity contribution in [1.29, 1.82) is 0 Å². The Kier molecular flexibility index (Phi) is 3.94. The molecule has 6 heteroatoms. The smallest absolute Gasteiger partial charge is 0.491 e. The zero-order chi connectivity index (χ0) is 15.6. The Morgan fingerprint density at radius 3 is 2.59 bits per heavy atom.